The molecular weight excluding hydrogens is 697 g/mol. The first-order valence-electron chi connectivity index (χ1n) is 19.7. The van der Waals surface area contributed by atoms with Crippen molar-refractivity contribution in [2.24, 2.45) is 21.8 Å². The molecule has 5 nitrogen and oxygen atoms in total. The second-order valence-electron chi connectivity index (χ2n) is 15.4. The Bertz CT molecular complexity index is 3080. The van der Waals surface area contributed by atoms with Crippen LogP contribution in [0.15, 0.2) is 192 Å². The van der Waals surface area contributed by atoms with E-state index in [9.17, 15) is 0 Å². The van der Waals surface area contributed by atoms with E-state index in [0.717, 1.165) is 62.3 Å². The highest BCUT2D eigenvalue weighted by Gasteiger charge is 2.40. The van der Waals surface area contributed by atoms with E-state index in [4.69, 9.17) is 14.7 Å². The normalized spacial score (nSPS) is 18.8. The van der Waals surface area contributed by atoms with Crippen molar-refractivity contribution in [1.29, 1.82) is 0 Å². The molecule has 0 amide bonds. The Morgan fingerprint density at radius 1 is 0.579 bits per heavy atom. The van der Waals surface area contributed by atoms with Gasteiger partial charge in [-0.15, -0.1) is 0 Å². The highest BCUT2D eigenvalue weighted by molar-refractivity contribution is 6.18. The molecule has 0 saturated heterocycles. The fourth-order valence-electron chi connectivity index (χ4n) is 9.47. The van der Waals surface area contributed by atoms with Crippen LogP contribution in [0, 0.1) is 11.8 Å². The van der Waals surface area contributed by atoms with Crippen molar-refractivity contribution in [1.82, 2.24) is 9.88 Å². The van der Waals surface area contributed by atoms with Crippen molar-refractivity contribution < 1.29 is 4.74 Å². The number of benzene rings is 7. The van der Waals surface area contributed by atoms with Crippen LogP contribution in [0.1, 0.15) is 29.8 Å². The molecule has 0 radical (unpaired) electrons. The van der Waals surface area contributed by atoms with Gasteiger partial charge in [0.05, 0.1) is 22.6 Å². The predicted octanol–water partition coefficient (Wildman–Crippen LogP) is 12.2. The maximum atomic E-state index is 7.43. The minimum atomic E-state index is -0.423. The number of nitrogens with one attached hydrogen (secondary N) is 1. The van der Waals surface area contributed by atoms with Crippen molar-refractivity contribution >= 4 is 39.1 Å². The molecule has 7 aromatic carbocycles. The summed E-state index contributed by atoms with van der Waals surface area (Å²) in [6, 6.07) is 58.3. The third-order valence-electron chi connectivity index (χ3n) is 12.1. The summed E-state index contributed by atoms with van der Waals surface area (Å²) in [5.74, 6) is 3.22. The number of para-hydroxylation sites is 2. The molecule has 0 fully saturated rings. The Labute approximate surface area is 330 Å². The van der Waals surface area contributed by atoms with Crippen molar-refractivity contribution in [2.75, 3.05) is 0 Å². The summed E-state index contributed by atoms with van der Waals surface area (Å²) in [6.07, 6.45) is 4.21. The van der Waals surface area contributed by atoms with Gasteiger partial charge in [-0.25, -0.2) is 9.98 Å². The monoisotopic (exact) mass is 732 g/mol. The SMILES string of the molecule is CC1C=CC2=C(Oc3cccc4c3-c3ccccc3-n3c5ccccc5c5ccc-4c2c53)C1C1=NC(c2ccccc2)N=C(c2ccc(-c3ccccc3)cc2)N1. The zero-order valence-electron chi connectivity index (χ0n) is 31.2. The molecule has 4 aliphatic rings. The maximum Gasteiger partial charge on any atom is 0.169 e. The van der Waals surface area contributed by atoms with E-state index in [2.05, 4.69) is 187 Å². The quantitative estimate of drug-likeness (QED) is 0.196. The first kappa shape index (κ1) is 32.0. The molecule has 0 saturated carbocycles. The van der Waals surface area contributed by atoms with Crippen LogP contribution in [0.25, 0.3) is 66.4 Å². The van der Waals surface area contributed by atoms with E-state index < -0.39 is 6.17 Å². The van der Waals surface area contributed by atoms with Gasteiger partial charge in [0.1, 0.15) is 23.2 Å². The smallest absolute Gasteiger partial charge is 0.169 e. The Kier molecular flexibility index (Phi) is 6.96. The van der Waals surface area contributed by atoms with Crippen LogP contribution in [0.3, 0.4) is 0 Å². The van der Waals surface area contributed by atoms with E-state index in [1.807, 2.05) is 6.07 Å². The molecular formula is C52H36N4O. The number of hydrogen-bond donors (Lipinski definition) is 1. The zero-order valence-corrected chi connectivity index (χ0v) is 31.2. The molecule has 1 aliphatic carbocycles. The largest absolute Gasteiger partial charge is 0.460 e. The summed E-state index contributed by atoms with van der Waals surface area (Å²) in [7, 11) is 0. The van der Waals surface area contributed by atoms with Gasteiger partial charge in [-0.2, -0.15) is 0 Å². The summed E-state index contributed by atoms with van der Waals surface area (Å²) >= 11 is 0. The fraction of sp³-hybridized carbons (Fsp3) is 0.0769. The molecule has 6 bridgehead atoms. The summed E-state index contributed by atoms with van der Waals surface area (Å²) in [4.78, 5) is 10.7. The van der Waals surface area contributed by atoms with Gasteiger partial charge < -0.3 is 14.6 Å². The van der Waals surface area contributed by atoms with Gasteiger partial charge in [0.2, 0.25) is 0 Å². The van der Waals surface area contributed by atoms with Crippen molar-refractivity contribution in [3.8, 4) is 44.8 Å². The molecule has 3 aliphatic heterocycles. The standard InChI is InChI=1S/C52H36N4O/c1-31-23-28-41-47-38-29-30-39-36-17-8-10-20-42(36)56(48(39)47)43-21-11-9-18-40(43)46-37(38)19-12-22-44(46)57-49(41)45(31)52-54-50(34-15-6-3-7-16-34)53-51(55-52)35-26-24-33(25-27-35)32-13-4-2-5-14-32/h2-31,45,50H,1H3,(H,53,54,55). The van der Waals surface area contributed by atoms with Crippen LogP contribution in [0.5, 0.6) is 5.75 Å². The van der Waals surface area contributed by atoms with Gasteiger partial charge in [0.25, 0.3) is 0 Å². The van der Waals surface area contributed by atoms with Crippen LogP contribution >= 0.6 is 0 Å². The summed E-state index contributed by atoms with van der Waals surface area (Å²) in [5, 5.41) is 6.25. The Balaban J connectivity index is 1.09. The van der Waals surface area contributed by atoms with E-state index >= 15 is 0 Å². The Hall–Kier alpha value is -7.24. The van der Waals surface area contributed by atoms with Crippen LogP contribution in [-0.2, 0) is 0 Å². The lowest BCUT2D eigenvalue weighted by molar-refractivity contribution is 0.353. The molecule has 1 aromatic heterocycles. The molecule has 0 spiro atoms. The van der Waals surface area contributed by atoms with Crippen molar-refractivity contribution in [2.45, 2.75) is 13.1 Å². The van der Waals surface area contributed by atoms with Crippen LogP contribution in [0.4, 0.5) is 0 Å². The average molecular weight is 733 g/mol. The maximum absolute atomic E-state index is 7.43. The molecule has 57 heavy (non-hydrogen) atoms. The first-order valence-corrected chi connectivity index (χ1v) is 19.7. The van der Waals surface area contributed by atoms with Gasteiger partial charge in [0, 0.05) is 38.6 Å². The summed E-state index contributed by atoms with van der Waals surface area (Å²) in [5.41, 5.74) is 14.8. The summed E-state index contributed by atoms with van der Waals surface area (Å²) in [6.45, 7) is 2.27. The topological polar surface area (TPSA) is 50.9 Å². The van der Waals surface area contributed by atoms with Crippen molar-refractivity contribution in [3.63, 3.8) is 0 Å². The van der Waals surface area contributed by atoms with Crippen LogP contribution in [0.2, 0.25) is 0 Å². The van der Waals surface area contributed by atoms with Crippen LogP contribution < -0.4 is 10.1 Å². The number of nitrogens with zero attached hydrogens (tertiary/aromatic N) is 3. The summed E-state index contributed by atoms with van der Waals surface area (Å²) < 4.78 is 9.92. The minimum absolute atomic E-state index is 0.0704. The van der Waals surface area contributed by atoms with Crippen molar-refractivity contribution in [3.05, 3.63) is 198 Å². The van der Waals surface area contributed by atoms with E-state index in [0.29, 0.717) is 0 Å². The first-order chi connectivity index (χ1) is 28.2. The number of ether oxygens (including phenoxy) is 1. The Morgan fingerprint density at radius 3 is 2.14 bits per heavy atom. The number of rotatable bonds is 4. The van der Waals surface area contributed by atoms with E-state index in [-0.39, 0.29) is 11.8 Å². The Morgan fingerprint density at radius 2 is 1.28 bits per heavy atom. The van der Waals surface area contributed by atoms with Gasteiger partial charge >= 0.3 is 0 Å². The number of aliphatic imine (C=N–C) groups is 2. The predicted molar refractivity (Wildman–Crippen MR) is 233 cm³/mol. The molecule has 8 aromatic rings. The number of amidine groups is 2. The second kappa shape index (κ2) is 12.4. The number of allylic oxidation sites excluding steroid dienone is 3. The molecule has 3 atom stereocenters. The average Bonchev–Trinajstić information content (AvgIpc) is 3.60. The van der Waals surface area contributed by atoms with Crippen LogP contribution in [-0.4, -0.2) is 16.2 Å². The van der Waals surface area contributed by atoms with E-state index in [1.165, 1.54) is 44.1 Å². The minimum Gasteiger partial charge on any atom is -0.460 e. The highest BCUT2D eigenvalue weighted by Crippen LogP contribution is 2.54. The molecule has 12 rings (SSSR count). The lowest BCUT2D eigenvalue weighted by Crippen LogP contribution is -2.44. The molecule has 270 valence electrons. The lowest BCUT2D eigenvalue weighted by atomic mass is 9.78. The number of hydrogen-bond acceptors (Lipinski definition) is 4. The molecule has 1 N–H and O–H groups in total. The second-order valence-corrected chi connectivity index (χ2v) is 15.4. The third kappa shape index (κ3) is 4.82. The number of fused-ring (bicyclic) bond motifs is 5. The van der Waals surface area contributed by atoms with E-state index in [1.54, 1.807) is 0 Å². The highest BCUT2D eigenvalue weighted by atomic mass is 16.5. The molecule has 3 unspecified atom stereocenters. The lowest BCUT2D eigenvalue weighted by Gasteiger charge is -2.36. The fourth-order valence-corrected chi connectivity index (χ4v) is 9.47. The van der Waals surface area contributed by atoms with Gasteiger partial charge in [-0.05, 0) is 51.9 Å². The van der Waals surface area contributed by atoms with Gasteiger partial charge in [0.15, 0.2) is 6.17 Å². The zero-order chi connectivity index (χ0) is 37.6. The molecule has 5 heteroatoms. The van der Waals surface area contributed by atoms with Gasteiger partial charge in [-0.3, -0.25) is 0 Å². The van der Waals surface area contributed by atoms with Gasteiger partial charge in [-0.1, -0.05) is 165 Å². The number of aromatic nitrogens is 1. The third-order valence-corrected chi connectivity index (χ3v) is 12.1. The molecule has 4 heterocycles.